The Balaban J connectivity index is 1.94. The average molecular weight is 365 g/mol. The lowest BCUT2D eigenvalue weighted by Gasteiger charge is -2.31. The molecule has 2 aliphatic heterocycles. The second kappa shape index (κ2) is 6.76. The molecule has 136 valence electrons. The Morgan fingerprint density at radius 2 is 2.00 bits per heavy atom. The van der Waals surface area contributed by atoms with Crippen LogP contribution in [0.15, 0.2) is 23.1 Å². The van der Waals surface area contributed by atoms with Gasteiger partial charge in [-0.1, -0.05) is 6.07 Å². The fraction of sp³-hybridized carbons (Fsp3) is 0.529. The zero-order valence-corrected chi connectivity index (χ0v) is 15.1. The molecule has 0 spiro atoms. The summed E-state index contributed by atoms with van der Waals surface area (Å²) in [6.07, 6.45) is 2.49. The Bertz CT molecular complexity index is 806. The number of primary amides is 1. The van der Waals surface area contributed by atoms with Gasteiger partial charge in [-0.05, 0) is 43.9 Å². The molecule has 2 heterocycles. The number of anilines is 1. The third-order valence-electron chi connectivity index (χ3n) is 4.96. The molecule has 8 heteroatoms. The van der Waals surface area contributed by atoms with Gasteiger partial charge in [-0.3, -0.25) is 9.59 Å². The number of carbonyl (C=O) groups is 2. The summed E-state index contributed by atoms with van der Waals surface area (Å²) in [5, 5.41) is 0. The van der Waals surface area contributed by atoms with E-state index in [0.717, 1.165) is 6.42 Å². The number of amides is 2. The highest BCUT2D eigenvalue weighted by Gasteiger charge is 2.34. The van der Waals surface area contributed by atoms with Crippen molar-refractivity contribution in [2.24, 2.45) is 11.7 Å². The highest BCUT2D eigenvalue weighted by molar-refractivity contribution is 7.89. The molecule has 0 saturated carbocycles. The minimum absolute atomic E-state index is 0.0129. The molecule has 0 radical (unpaired) electrons. The number of piperidine rings is 1. The van der Waals surface area contributed by atoms with E-state index in [4.69, 9.17) is 5.73 Å². The number of nitrogens with zero attached hydrogens (tertiary/aromatic N) is 2. The molecule has 3 rings (SSSR count). The summed E-state index contributed by atoms with van der Waals surface area (Å²) in [4.78, 5) is 25.2. The fourth-order valence-electron chi connectivity index (χ4n) is 3.49. The fourth-order valence-corrected chi connectivity index (χ4v) is 5.26. The van der Waals surface area contributed by atoms with Gasteiger partial charge < -0.3 is 10.6 Å². The van der Waals surface area contributed by atoms with Gasteiger partial charge in [-0.25, -0.2) is 8.42 Å². The van der Waals surface area contributed by atoms with Gasteiger partial charge in [0, 0.05) is 31.7 Å². The van der Waals surface area contributed by atoms with Gasteiger partial charge in [0.05, 0.1) is 10.8 Å². The van der Waals surface area contributed by atoms with Gasteiger partial charge in [0.25, 0.3) is 0 Å². The normalized spacial score (nSPS) is 22.4. The second-order valence-corrected chi connectivity index (χ2v) is 8.61. The lowest BCUT2D eigenvalue weighted by molar-refractivity contribution is -0.122. The van der Waals surface area contributed by atoms with Gasteiger partial charge in [-0.2, -0.15) is 4.31 Å². The van der Waals surface area contributed by atoms with Crippen molar-refractivity contribution in [3.8, 4) is 0 Å². The zero-order chi connectivity index (χ0) is 18.2. The van der Waals surface area contributed by atoms with Crippen LogP contribution in [0.2, 0.25) is 0 Å². The standard InChI is InChI=1S/C17H23N3O4S/c1-12-6-7-14(20-9-3-5-16(20)21)10-15(12)25(23,24)19-8-2-4-13(11-19)17(18)22/h6-7,10,13H,2-5,8-9,11H2,1H3,(H2,18,22). The molecule has 2 saturated heterocycles. The van der Waals surface area contributed by atoms with E-state index in [1.165, 1.54) is 4.31 Å². The SMILES string of the molecule is Cc1ccc(N2CCCC2=O)cc1S(=O)(=O)N1CCCC(C(N)=O)C1. The van der Waals surface area contributed by atoms with Crippen LogP contribution in [-0.2, 0) is 19.6 Å². The van der Waals surface area contributed by atoms with Crippen molar-refractivity contribution >= 4 is 27.5 Å². The summed E-state index contributed by atoms with van der Waals surface area (Å²) >= 11 is 0. The molecule has 2 N–H and O–H groups in total. The van der Waals surface area contributed by atoms with Crippen LogP contribution in [0.1, 0.15) is 31.2 Å². The molecule has 0 bridgehead atoms. The van der Waals surface area contributed by atoms with E-state index in [2.05, 4.69) is 0 Å². The van der Waals surface area contributed by atoms with Gasteiger partial charge >= 0.3 is 0 Å². The zero-order valence-electron chi connectivity index (χ0n) is 14.3. The summed E-state index contributed by atoms with van der Waals surface area (Å²) in [6.45, 7) is 2.83. The Morgan fingerprint density at radius 3 is 2.64 bits per heavy atom. The van der Waals surface area contributed by atoms with Crippen LogP contribution >= 0.6 is 0 Å². The maximum absolute atomic E-state index is 13.1. The van der Waals surface area contributed by atoms with E-state index in [0.29, 0.717) is 43.6 Å². The van der Waals surface area contributed by atoms with Crippen LogP contribution < -0.4 is 10.6 Å². The van der Waals surface area contributed by atoms with Crippen LogP contribution in [0.5, 0.6) is 0 Å². The summed E-state index contributed by atoms with van der Waals surface area (Å²) < 4.78 is 27.5. The number of hydrogen-bond acceptors (Lipinski definition) is 4. The van der Waals surface area contributed by atoms with Gasteiger partial charge in [0.15, 0.2) is 0 Å². The Labute approximate surface area is 147 Å². The first kappa shape index (κ1) is 17.9. The first-order chi connectivity index (χ1) is 11.8. The maximum Gasteiger partial charge on any atom is 0.243 e. The molecule has 1 atom stereocenters. The number of rotatable bonds is 4. The third kappa shape index (κ3) is 3.41. The number of benzene rings is 1. The quantitative estimate of drug-likeness (QED) is 0.860. The minimum Gasteiger partial charge on any atom is -0.369 e. The first-order valence-corrected chi connectivity index (χ1v) is 9.95. The molecular formula is C17H23N3O4S. The molecule has 0 aliphatic carbocycles. The predicted octanol–water partition coefficient (Wildman–Crippen LogP) is 1.01. The molecule has 2 fully saturated rings. The van der Waals surface area contributed by atoms with E-state index in [1.54, 1.807) is 30.0 Å². The van der Waals surface area contributed by atoms with Crippen molar-refractivity contribution in [2.75, 3.05) is 24.5 Å². The predicted molar refractivity (Wildman–Crippen MR) is 93.4 cm³/mol. The maximum atomic E-state index is 13.1. The topological polar surface area (TPSA) is 101 Å². The van der Waals surface area contributed by atoms with Crippen LogP contribution in [0.4, 0.5) is 5.69 Å². The summed E-state index contributed by atoms with van der Waals surface area (Å²) in [5.41, 5.74) is 6.59. The van der Waals surface area contributed by atoms with E-state index >= 15 is 0 Å². The summed E-state index contributed by atoms with van der Waals surface area (Å²) in [7, 11) is -3.74. The summed E-state index contributed by atoms with van der Waals surface area (Å²) in [6, 6.07) is 5.07. The van der Waals surface area contributed by atoms with Crippen molar-refractivity contribution in [3.63, 3.8) is 0 Å². The number of hydrogen-bond donors (Lipinski definition) is 1. The van der Waals surface area contributed by atoms with Gasteiger partial charge in [-0.15, -0.1) is 0 Å². The van der Waals surface area contributed by atoms with Gasteiger partial charge in [0.2, 0.25) is 21.8 Å². The molecular weight excluding hydrogens is 342 g/mol. The Morgan fingerprint density at radius 1 is 1.24 bits per heavy atom. The molecule has 1 unspecified atom stereocenters. The number of aryl methyl sites for hydroxylation is 1. The monoisotopic (exact) mass is 365 g/mol. The van der Waals surface area contributed by atoms with E-state index < -0.39 is 21.8 Å². The smallest absolute Gasteiger partial charge is 0.243 e. The minimum atomic E-state index is -3.74. The molecule has 2 aliphatic rings. The summed E-state index contributed by atoms with van der Waals surface area (Å²) in [5.74, 6) is -0.904. The molecule has 1 aromatic rings. The van der Waals surface area contributed by atoms with Crippen molar-refractivity contribution in [2.45, 2.75) is 37.5 Å². The molecule has 7 nitrogen and oxygen atoms in total. The Hall–Kier alpha value is -1.93. The van der Waals surface area contributed by atoms with Crippen LogP contribution in [0, 0.1) is 12.8 Å². The lowest BCUT2D eigenvalue weighted by atomic mass is 9.99. The van der Waals surface area contributed by atoms with E-state index in [-0.39, 0.29) is 17.3 Å². The number of carbonyl (C=O) groups excluding carboxylic acids is 2. The highest BCUT2D eigenvalue weighted by Crippen LogP contribution is 2.30. The van der Waals surface area contributed by atoms with Crippen molar-refractivity contribution in [1.29, 1.82) is 0 Å². The third-order valence-corrected chi connectivity index (χ3v) is 6.97. The van der Waals surface area contributed by atoms with Gasteiger partial charge in [0.1, 0.15) is 0 Å². The van der Waals surface area contributed by atoms with Crippen molar-refractivity contribution in [3.05, 3.63) is 23.8 Å². The highest BCUT2D eigenvalue weighted by atomic mass is 32.2. The van der Waals surface area contributed by atoms with Crippen LogP contribution in [-0.4, -0.2) is 44.2 Å². The largest absolute Gasteiger partial charge is 0.369 e. The number of sulfonamides is 1. The van der Waals surface area contributed by atoms with Crippen molar-refractivity contribution < 1.29 is 18.0 Å². The number of nitrogens with two attached hydrogens (primary N) is 1. The first-order valence-electron chi connectivity index (χ1n) is 8.51. The average Bonchev–Trinajstić information content (AvgIpc) is 3.01. The van der Waals surface area contributed by atoms with Crippen LogP contribution in [0.25, 0.3) is 0 Å². The second-order valence-electron chi connectivity index (χ2n) is 6.70. The van der Waals surface area contributed by atoms with Crippen molar-refractivity contribution in [1.82, 2.24) is 4.31 Å². The molecule has 0 aromatic heterocycles. The van der Waals surface area contributed by atoms with E-state index in [9.17, 15) is 18.0 Å². The van der Waals surface area contributed by atoms with E-state index in [1.807, 2.05) is 0 Å². The molecule has 25 heavy (non-hydrogen) atoms. The van der Waals surface area contributed by atoms with Crippen LogP contribution in [0.3, 0.4) is 0 Å². The molecule has 1 aromatic carbocycles. The Kier molecular flexibility index (Phi) is 4.83. The lowest BCUT2D eigenvalue weighted by Crippen LogP contribution is -2.44. The molecule has 2 amide bonds.